The molecular weight excluding hydrogens is 149 g/mol. The van der Waals surface area contributed by atoms with Crippen molar-refractivity contribution in [2.45, 2.75) is 26.2 Å². The van der Waals surface area contributed by atoms with Crippen LogP contribution in [-0.4, -0.2) is 49.3 Å². The van der Waals surface area contributed by atoms with Crippen LogP contribution in [0.3, 0.4) is 0 Å². The van der Waals surface area contributed by atoms with E-state index < -0.39 is 0 Å². The van der Waals surface area contributed by atoms with E-state index >= 15 is 0 Å². The number of nitrogens with zero attached hydrogens (tertiary/aromatic N) is 2. The lowest BCUT2D eigenvalue weighted by Gasteiger charge is -2.24. The van der Waals surface area contributed by atoms with Crippen molar-refractivity contribution in [1.82, 2.24) is 9.80 Å². The molecule has 4 heteroatoms. The van der Waals surface area contributed by atoms with Crippen LogP contribution in [0.25, 0.3) is 0 Å². The minimum Gasteiger partial charge on any atom is -0.342 e. The van der Waals surface area contributed by atoms with Gasteiger partial charge in [0, 0.05) is 25.7 Å². The Morgan fingerprint density at radius 1 is 1.50 bits per heavy atom. The van der Waals surface area contributed by atoms with Gasteiger partial charge in [-0.1, -0.05) is 6.32 Å². The third-order valence-corrected chi connectivity index (χ3v) is 2.30. The summed E-state index contributed by atoms with van der Waals surface area (Å²) in [5.41, 5.74) is 0. The fourth-order valence-corrected chi connectivity index (χ4v) is 1.61. The first-order valence-corrected chi connectivity index (χ1v) is 4.77. The molecule has 1 heterocycles. The summed E-state index contributed by atoms with van der Waals surface area (Å²) < 4.78 is 0. The molecule has 1 N–H and O–H groups in total. The van der Waals surface area contributed by atoms with Gasteiger partial charge in [-0.2, -0.15) is 0 Å². The van der Waals surface area contributed by atoms with Gasteiger partial charge in [-0.25, -0.2) is 0 Å². The molecule has 0 saturated carbocycles. The first-order valence-electron chi connectivity index (χ1n) is 4.77. The zero-order valence-electron chi connectivity index (χ0n) is 8.30. The molecule has 1 aliphatic rings. The van der Waals surface area contributed by atoms with Crippen molar-refractivity contribution >= 4 is 13.8 Å². The number of rotatable bonds is 3. The molecule has 1 fully saturated rings. The topological polar surface area (TPSA) is 30.3 Å². The van der Waals surface area contributed by atoms with Gasteiger partial charge in [0.1, 0.15) is 7.85 Å². The summed E-state index contributed by atoms with van der Waals surface area (Å²) in [6, 6.07) is 0.472. The van der Waals surface area contributed by atoms with Gasteiger partial charge in [-0.05, 0) is 13.8 Å². The molecule has 3 nitrogen and oxygen atoms in total. The van der Waals surface area contributed by atoms with Gasteiger partial charge < -0.3 is 9.80 Å². The summed E-state index contributed by atoms with van der Waals surface area (Å²) in [7, 11) is 2.16. The summed E-state index contributed by atoms with van der Waals surface area (Å²) in [4.78, 5) is 4.30. The third kappa shape index (κ3) is 1.73. The Labute approximate surface area is 75.6 Å². The second kappa shape index (κ2) is 3.83. The fourth-order valence-electron chi connectivity index (χ4n) is 1.61. The largest absolute Gasteiger partial charge is 0.342 e. The Morgan fingerprint density at radius 2 is 2.17 bits per heavy atom. The van der Waals surface area contributed by atoms with Crippen LogP contribution in [0.2, 0.25) is 6.32 Å². The van der Waals surface area contributed by atoms with E-state index in [0.29, 0.717) is 12.0 Å². The second-order valence-electron chi connectivity index (χ2n) is 3.60. The molecule has 12 heavy (non-hydrogen) atoms. The maximum absolute atomic E-state index is 7.85. The molecule has 0 aliphatic carbocycles. The average molecular weight is 167 g/mol. The minimum atomic E-state index is 0.472. The smallest absolute Gasteiger partial charge is 0.194 e. The van der Waals surface area contributed by atoms with Crippen LogP contribution in [0.1, 0.15) is 13.8 Å². The van der Waals surface area contributed by atoms with Gasteiger partial charge in [-0.15, -0.1) is 0 Å². The normalized spacial score (nSPS) is 18.1. The van der Waals surface area contributed by atoms with E-state index in [1.807, 2.05) is 0 Å². The second-order valence-corrected chi connectivity index (χ2v) is 3.60. The maximum Gasteiger partial charge on any atom is 0.194 e. The Kier molecular flexibility index (Phi) is 3.01. The van der Waals surface area contributed by atoms with Crippen molar-refractivity contribution in [2.75, 3.05) is 19.6 Å². The molecule has 0 aromatic carbocycles. The predicted molar refractivity (Wildman–Crippen MR) is 54.5 cm³/mol. The molecule has 0 bridgehead atoms. The van der Waals surface area contributed by atoms with Crippen molar-refractivity contribution in [3.63, 3.8) is 0 Å². The molecule has 1 aliphatic heterocycles. The summed E-state index contributed by atoms with van der Waals surface area (Å²) in [6.45, 7) is 7.37. The first-order chi connectivity index (χ1) is 5.66. The SMILES string of the molecule is BCCN1CCN(C(C)C)C1=N. The molecule has 0 atom stereocenters. The Bertz CT molecular complexity index is 170. The fraction of sp³-hybridized carbons (Fsp3) is 0.875. The molecule has 0 unspecified atom stereocenters. The van der Waals surface area contributed by atoms with E-state index in [1.54, 1.807) is 0 Å². The van der Waals surface area contributed by atoms with E-state index in [2.05, 4.69) is 31.5 Å². The van der Waals surface area contributed by atoms with Crippen LogP contribution in [0.15, 0.2) is 0 Å². The molecule has 0 spiro atoms. The molecule has 0 aromatic rings. The predicted octanol–water partition coefficient (Wildman–Crippen LogP) is -0.00143. The standard InChI is InChI=1S/C8H18BN3/c1-7(2)12-6-5-11(4-3-9)8(12)10/h7,10H,3-6,9H2,1-2H3. The van der Waals surface area contributed by atoms with E-state index in [0.717, 1.165) is 26.0 Å². The van der Waals surface area contributed by atoms with Gasteiger partial charge in [-0.3, -0.25) is 5.41 Å². The highest BCUT2D eigenvalue weighted by molar-refractivity contribution is 6.08. The van der Waals surface area contributed by atoms with Crippen molar-refractivity contribution < 1.29 is 0 Å². The zero-order chi connectivity index (χ0) is 9.14. The monoisotopic (exact) mass is 167 g/mol. The average Bonchev–Trinajstić information content (AvgIpc) is 2.34. The molecule has 0 radical (unpaired) electrons. The summed E-state index contributed by atoms with van der Waals surface area (Å²) >= 11 is 0. The maximum atomic E-state index is 7.85. The number of hydrogen-bond donors (Lipinski definition) is 1. The lowest BCUT2D eigenvalue weighted by Crippen LogP contribution is -2.37. The number of guanidine groups is 1. The lowest BCUT2D eigenvalue weighted by atomic mass is 10.1. The number of nitrogens with one attached hydrogen (secondary N) is 1. The van der Waals surface area contributed by atoms with Crippen LogP contribution in [0.4, 0.5) is 0 Å². The third-order valence-electron chi connectivity index (χ3n) is 2.30. The molecule has 1 rings (SSSR count). The highest BCUT2D eigenvalue weighted by Gasteiger charge is 2.25. The van der Waals surface area contributed by atoms with Gasteiger partial charge in [0.15, 0.2) is 5.96 Å². The van der Waals surface area contributed by atoms with Crippen LogP contribution >= 0.6 is 0 Å². The van der Waals surface area contributed by atoms with Crippen LogP contribution in [0.5, 0.6) is 0 Å². The van der Waals surface area contributed by atoms with Crippen LogP contribution in [0, 0.1) is 5.41 Å². The highest BCUT2D eigenvalue weighted by atomic mass is 15.4. The van der Waals surface area contributed by atoms with Crippen molar-refractivity contribution in [1.29, 1.82) is 5.41 Å². The van der Waals surface area contributed by atoms with E-state index in [4.69, 9.17) is 5.41 Å². The highest BCUT2D eigenvalue weighted by Crippen LogP contribution is 2.10. The molecule has 0 aromatic heterocycles. The van der Waals surface area contributed by atoms with Crippen molar-refractivity contribution in [3.05, 3.63) is 0 Å². The first kappa shape index (κ1) is 9.42. The van der Waals surface area contributed by atoms with Gasteiger partial charge >= 0.3 is 0 Å². The van der Waals surface area contributed by atoms with Gasteiger partial charge in [0.2, 0.25) is 0 Å². The van der Waals surface area contributed by atoms with E-state index in [-0.39, 0.29) is 0 Å². The molecule has 68 valence electrons. The molecule has 1 saturated heterocycles. The quantitative estimate of drug-likeness (QED) is 0.599. The Hall–Kier alpha value is -0.665. The Balaban J connectivity index is 2.49. The summed E-state index contributed by atoms with van der Waals surface area (Å²) in [5, 5.41) is 7.85. The Morgan fingerprint density at radius 3 is 2.58 bits per heavy atom. The summed E-state index contributed by atoms with van der Waals surface area (Å²) in [6.07, 6.45) is 1.13. The van der Waals surface area contributed by atoms with Crippen LogP contribution < -0.4 is 0 Å². The minimum absolute atomic E-state index is 0.472. The summed E-state index contributed by atoms with van der Waals surface area (Å²) in [5.74, 6) is 0.715. The van der Waals surface area contributed by atoms with E-state index in [9.17, 15) is 0 Å². The van der Waals surface area contributed by atoms with Crippen LogP contribution in [-0.2, 0) is 0 Å². The van der Waals surface area contributed by atoms with Gasteiger partial charge in [0.05, 0.1) is 0 Å². The van der Waals surface area contributed by atoms with E-state index in [1.165, 1.54) is 0 Å². The lowest BCUT2D eigenvalue weighted by molar-refractivity contribution is 0.381. The van der Waals surface area contributed by atoms with Crippen molar-refractivity contribution in [3.8, 4) is 0 Å². The van der Waals surface area contributed by atoms with Gasteiger partial charge in [0.25, 0.3) is 0 Å². The molecular formula is C8H18BN3. The number of hydrogen-bond acceptors (Lipinski definition) is 1. The molecule has 0 amide bonds. The van der Waals surface area contributed by atoms with Crippen molar-refractivity contribution in [2.24, 2.45) is 0 Å². The zero-order valence-corrected chi connectivity index (χ0v) is 8.30.